The standard InChI is InChI=1S/C19H21FN2O/c1-22-14-16(15-7-9-17(20)10-8-15)13-19(22)21-11-12-23-18-5-3-2-4-6-18/h2-10,16H,11-14H2,1H3. The molecule has 0 amide bonds. The van der Waals surface area contributed by atoms with E-state index in [0.717, 1.165) is 24.6 Å². The largest absolute Gasteiger partial charge is 0.492 e. The second kappa shape index (κ2) is 7.27. The minimum atomic E-state index is -0.188. The predicted octanol–water partition coefficient (Wildman–Crippen LogP) is 3.72. The van der Waals surface area contributed by atoms with Crippen LogP contribution in [-0.2, 0) is 0 Å². The average Bonchev–Trinajstić information content (AvgIpc) is 2.94. The number of hydrogen-bond acceptors (Lipinski definition) is 2. The number of rotatable bonds is 5. The number of likely N-dealkylation sites (N-methyl/N-ethyl adjacent to an activating group) is 1. The van der Waals surface area contributed by atoms with Crippen LogP contribution in [-0.4, -0.2) is 37.5 Å². The zero-order valence-corrected chi connectivity index (χ0v) is 13.3. The third-order valence-corrected chi connectivity index (χ3v) is 4.10. The first kappa shape index (κ1) is 15.5. The molecule has 4 heteroatoms. The summed E-state index contributed by atoms with van der Waals surface area (Å²) in [5, 5.41) is 0. The summed E-state index contributed by atoms with van der Waals surface area (Å²) in [6, 6.07) is 16.6. The van der Waals surface area contributed by atoms with Gasteiger partial charge in [0.2, 0.25) is 0 Å². The Balaban J connectivity index is 1.53. The van der Waals surface area contributed by atoms with Crippen LogP contribution in [0.4, 0.5) is 4.39 Å². The first-order chi connectivity index (χ1) is 11.2. The quantitative estimate of drug-likeness (QED) is 0.786. The summed E-state index contributed by atoms with van der Waals surface area (Å²) in [6.45, 7) is 2.14. The second-order valence-corrected chi connectivity index (χ2v) is 5.79. The van der Waals surface area contributed by atoms with Crippen LogP contribution >= 0.6 is 0 Å². The number of likely N-dealkylation sites (tertiary alicyclic amines) is 1. The van der Waals surface area contributed by atoms with E-state index >= 15 is 0 Å². The number of halogens is 1. The molecule has 3 rings (SSSR count). The lowest BCUT2D eigenvalue weighted by Crippen LogP contribution is -2.20. The van der Waals surface area contributed by atoms with E-state index in [1.807, 2.05) is 42.5 Å². The van der Waals surface area contributed by atoms with Gasteiger partial charge in [-0.25, -0.2) is 4.39 Å². The molecule has 0 aromatic heterocycles. The number of amidine groups is 1. The molecule has 3 nitrogen and oxygen atoms in total. The molecule has 1 atom stereocenters. The predicted molar refractivity (Wildman–Crippen MR) is 90.6 cm³/mol. The summed E-state index contributed by atoms with van der Waals surface area (Å²) in [5.41, 5.74) is 1.17. The van der Waals surface area contributed by atoms with Gasteiger partial charge >= 0.3 is 0 Å². The topological polar surface area (TPSA) is 24.8 Å². The molecule has 120 valence electrons. The van der Waals surface area contributed by atoms with E-state index in [-0.39, 0.29) is 5.82 Å². The second-order valence-electron chi connectivity index (χ2n) is 5.79. The zero-order valence-electron chi connectivity index (χ0n) is 13.3. The Labute approximate surface area is 136 Å². The Morgan fingerprint density at radius 1 is 1.13 bits per heavy atom. The van der Waals surface area contributed by atoms with Crippen molar-refractivity contribution >= 4 is 5.84 Å². The van der Waals surface area contributed by atoms with E-state index in [1.54, 1.807) is 0 Å². The van der Waals surface area contributed by atoms with Crippen molar-refractivity contribution in [2.24, 2.45) is 4.99 Å². The molecule has 1 saturated heterocycles. The van der Waals surface area contributed by atoms with E-state index in [1.165, 1.54) is 17.7 Å². The Kier molecular flexibility index (Phi) is 4.91. The van der Waals surface area contributed by atoms with Crippen LogP contribution < -0.4 is 4.74 Å². The van der Waals surface area contributed by atoms with Crippen molar-refractivity contribution in [2.75, 3.05) is 26.7 Å². The molecule has 1 fully saturated rings. The van der Waals surface area contributed by atoms with Gasteiger partial charge in [-0.3, -0.25) is 4.99 Å². The number of hydrogen-bond donors (Lipinski definition) is 0. The molecule has 1 heterocycles. The van der Waals surface area contributed by atoms with Crippen LogP contribution in [0.2, 0.25) is 0 Å². The minimum absolute atomic E-state index is 0.188. The van der Waals surface area contributed by atoms with E-state index in [0.29, 0.717) is 19.1 Å². The SMILES string of the molecule is CN1CC(c2ccc(F)cc2)CC1=NCCOc1ccccc1. The van der Waals surface area contributed by atoms with Crippen LogP contribution in [0.3, 0.4) is 0 Å². The maximum atomic E-state index is 13.0. The average molecular weight is 312 g/mol. The van der Waals surface area contributed by atoms with Gasteiger partial charge in [-0.05, 0) is 29.8 Å². The Hall–Kier alpha value is -2.36. The molecule has 0 bridgehead atoms. The van der Waals surface area contributed by atoms with Gasteiger partial charge in [-0.1, -0.05) is 30.3 Å². The maximum Gasteiger partial charge on any atom is 0.123 e. The summed E-state index contributed by atoms with van der Waals surface area (Å²) in [5.74, 6) is 2.16. The van der Waals surface area contributed by atoms with Gasteiger partial charge in [0.15, 0.2) is 0 Å². The summed E-state index contributed by atoms with van der Waals surface area (Å²) in [7, 11) is 2.06. The molecular weight excluding hydrogens is 291 g/mol. The van der Waals surface area contributed by atoms with Gasteiger partial charge in [-0.2, -0.15) is 0 Å². The molecule has 2 aromatic carbocycles. The van der Waals surface area contributed by atoms with Gasteiger partial charge in [-0.15, -0.1) is 0 Å². The molecule has 0 saturated carbocycles. The number of nitrogens with zero attached hydrogens (tertiary/aromatic N) is 2. The lowest BCUT2D eigenvalue weighted by molar-refractivity contribution is 0.328. The smallest absolute Gasteiger partial charge is 0.123 e. The fourth-order valence-corrected chi connectivity index (χ4v) is 2.88. The number of para-hydroxylation sites is 1. The van der Waals surface area contributed by atoms with Crippen molar-refractivity contribution in [2.45, 2.75) is 12.3 Å². The fraction of sp³-hybridized carbons (Fsp3) is 0.316. The van der Waals surface area contributed by atoms with Crippen molar-refractivity contribution in [1.29, 1.82) is 0 Å². The monoisotopic (exact) mass is 312 g/mol. The number of ether oxygens (including phenoxy) is 1. The Morgan fingerprint density at radius 3 is 2.61 bits per heavy atom. The van der Waals surface area contributed by atoms with Crippen molar-refractivity contribution in [3.63, 3.8) is 0 Å². The van der Waals surface area contributed by atoms with E-state index in [9.17, 15) is 4.39 Å². The van der Waals surface area contributed by atoms with Gasteiger partial charge in [0.25, 0.3) is 0 Å². The van der Waals surface area contributed by atoms with Gasteiger partial charge in [0, 0.05) is 25.9 Å². The molecule has 0 spiro atoms. The number of benzene rings is 2. The van der Waals surface area contributed by atoms with Crippen molar-refractivity contribution in [3.8, 4) is 5.75 Å². The lowest BCUT2D eigenvalue weighted by atomic mass is 9.98. The molecule has 2 aromatic rings. The summed E-state index contributed by atoms with van der Waals surface area (Å²) < 4.78 is 18.7. The van der Waals surface area contributed by atoms with Crippen LogP contribution in [0.15, 0.2) is 59.6 Å². The van der Waals surface area contributed by atoms with Crippen molar-refractivity contribution in [1.82, 2.24) is 4.90 Å². The molecule has 1 aliphatic rings. The normalized spacial score (nSPS) is 19.3. The highest BCUT2D eigenvalue weighted by molar-refractivity contribution is 5.85. The minimum Gasteiger partial charge on any atom is -0.492 e. The third kappa shape index (κ3) is 4.09. The van der Waals surface area contributed by atoms with Crippen LogP contribution in [0.25, 0.3) is 0 Å². The van der Waals surface area contributed by atoms with Crippen LogP contribution in [0, 0.1) is 5.82 Å². The molecular formula is C19H21FN2O. The van der Waals surface area contributed by atoms with E-state index in [4.69, 9.17) is 4.74 Å². The van der Waals surface area contributed by atoms with Gasteiger partial charge in [0.1, 0.15) is 18.2 Å². The van der Waals surface area contributed by atoms with E-state index in [2.05, 4.69) is 16.9 Å². The van der Waals surface area contributed by atoms with Crippen molar-refractivity contribution < 1.29 is 9.13 Å². The number of aliphatic imine (C=N–C) groups is 1. The first-order valence-corrected chi connectivity index (χ1v) is 7.90. The summed E-state index contributed by atoms with van der Waals surface area (Å²) >= 11 is 0. The molecule has 0 N–H and O–H groups in total. The van der Waals surface area contributed by atoms with Crippen molar-refractivity contribution in [3.05, 3.63) is 66.0 Å². The summed E-state index contributed by atoms with van der Waals surface area (Å²) in [4.78, 5) is 6.83. The highest BCUT2D eigenvalue weighted by Crippen LogP contribution is 2.28. The molecule has 23 heavy (non-hydrogen) atoms. The molecule has 1 unspecified atom stereocenters. The zero-order chi connectivity index (χ0) is 16.1. The molecule has 1 aliphatic heterocycles. The first-order valence-electron chi connectivity index (χ1n) is 7.90. The van der Waals surface area contributed by atoms with E-state index < -0.39 is 0 Å². The van der Waals surface area contributed by atoms with Crippen LogP contribution in [0.5, 0.6) is 5.75 Å². The molecule has 0 radical (unpaired) electrons. The third-order valence-electron chi connectivity index (χ3n) is 4.10. The highest BCUT2D eigenvalue weighted by Gasteiger charge is 2.26. The Morgan fingerprint density at radius 2 is 1.87 bits per heavy atom. The lowest BCUT2D eigenvalue weighted by Gasteiger charge is -2.12. The summed E-state index contributed by atoms with van der Waals surface area (Å²) in [6.07, 6.45) is 0.896. The van der Waals surface area contributed by atoms with Crippen LogP contribution in [0.1, 0.15) is 17.9 Å². The van der Waals surface area contributed by atoms with Gasteiger partial charge in [0.05, 0.1) is 12.4 Å². The maximum absolute atomic E-state index is 13.0. The fourth-order valence-electron chi connectivity index (χ4n) is 2.88. The van der Waals surface area contributed by atoms with Gasteiger partial charge < -0.3 is 9.64 Å². The molecule has 0 aliphatic carbocycles. The highest BCUT2D eigenvalue weighted by atomic mass is 19.1. The Bertz CT molecular complexity index is 655.